The van der Waals surface area contributed by atoms with Crippen LogP contribution in [-0.2, 0) is 23.4 Å². The van der Waals surface area contributed by atoms with Gasteiger partial charge in [0.1, 0.15) is 11.5 Å². The fraction of sp³-hybridized carbons (Fsp3) is 0.308. The summed E-state index contributed by atoms with van der Waals surface area (Å²) in [6.45, 7) is 3.21. The Balaban J connectivity index is 1.40. The van der Waals surface area contributed by atoms with E-state index in [0.717, 1.165) is 48.1 Å². The molecule has 1 aliphatic heterocycles. The topological polar surface area (TPSA) is 45.8 Å². The number of furan rings is 1. The SMILES string of the molecule is OC(c1ccc(CN(Cc2ccccc2)C[C@H]2CCCO2)o1)(c1cccs1)c1cccs1. The lowest BCUT2D eigenvalue weighted by atomic mass is 9.97. The minimum Gasteiger partial charge on any atom is -0.461 e. The van der Waals surface area contributed by atoms with E-state index in [-0.39, 0.29) is 6.10 Å². The van der Waals surface area contributed by atoms with Crippen LogP contribution >= 0.6 is 22.7 Å². The van der Waals surface area contributed by atoms with Crippen molar-refractivity contribution in [1.29, 1.82) is 0 Å². The molecular weight excluding hydrogens is 438 g/mol. The molecule has 1 fully saturated rings. The maximum Gasteiger partial charge on any atom is 0.191 e. The first kappa shape index (κ1) is 21.6. The summed E-state index contributed by atoms with van der Waals surface area (Å²) in [6.07, 6.45) is 2.50. The molecule has 0 amide bonds. The van der Waals surface area contributed by atoms with Gasteiger partial charge in [0.05, 0.1) is 12.6 Å². The second kappa shape index (κ2) is 9.73. The number of benzene rings is 1. The zero-order chi connectivity index (χ0) is 21.8. The lowest BCUT2D eigenvalue weighted by molar-refractivity contribution is 0.0634. The average Bonchev–Trinajstić information content (AvgIpc) is 3.62. The number of thiophene rings is 2. The summed E-state index contributed by atoms with van der Waals surface area (Å²) in [6, 6.07) is 22.3. The zero-order valence-electron chi connectivity index (χ0n) is 17.9. The van der Waals surface area contributed by atoms with E-state index in [4.69, 9.17) is 9.15 Å². The Labute approximate surface area is 196 Å². The normalized spacial score (nSPS) is 16.8. The summed E-state index contributed by atoms with van der Waals surface area (Å²) < 4.78 is 12.2. The van der Waals surface area contributed by atoms with Crippen molar-refractivity contribution in [2.75, 3.05) is 13.2 Å². The van der Waals surface area contributed by atoms with Gasteiger partial charge in [-0.25, -0.2) is 0 Å². The monoisotopic (exact) mass is 465 g/mol. The van der Waals surface area contributed by atoms with Crippen LogP contribution in [0.15, 0.2) is 81.9 Å². The quantitative estimate of drug-likeness (QED) is 0.336. The summed E-state index contributed by atoms with van der Waals surface area (Å²) in [4.78, 5) is 4.10. The Morgan fingerprint density at radius 2 is 1.66 bits per heavy atom. The fourth-order valence-electron chi connectivity index (χ4n) is 4.31. The van der Waals surface area contributed by atoms with Gasteiger partial charge < -0.3 is 14.3 Å². The van der Waals surface area contributed by atoms with Gasteiger partial charge in [-0.2, -0.15) is 0 Å². The lowest BCUT2D eigenvalue weighted by Gasteiger charge is -2.25. The van der Waals surface area contributed by atoms with Crippen LogP contribution in [0.1, 0.15) is 39.7 Å². The van der Waals surface area contributed by atoms with Crippen molar-refractivity contribution >= 4 is 22.7 Å². The third kappa shape index (κ3) is 4.60. The predicted octanol–water partition coefficient (Wildman–Crippen LogP) is 5.87. The summed E-state index contributed by atoms with van der Waals surface area (Å²) in [7, 11) is 0. The number of nitrogens with zero attached hydrogens (tertiary/aromatic N) is 1. The largest absolute Gasteiger partial charge is 0.461 e. The van der Waals surface area contributed by atoms with Crippen LogP contribution in [0.4, 0.5) is 0 Å². The fourth-order valence-corrected chi connectivity index (χ4v) is 6.06. The molecule has 0 aliphatic carbocycles. The van der Waals surface area contributed by atoms with Gasteiger partial charge in [-0.1, -0.05) is 42.5 Å². The summed E-state index contributed by atoms with van der Waals surface area (Å²) in [5.74, 6) is 1.41. The highest BCUT2D eigenvalue weighted by Gasteiger charge is 2.39. The molecule has 1 atom stereocenters. The van der Waals surface area contributed by atoms with Gasteiger partial charge in [-0.3, -0.25) is 4.90 Å². The Bertz CT molecular complexity index is 1050. The minimum atomic E-state index is -1.26. The van der Waals surface area contributed by atoms with Crippen molar-refractivity contribution < 1.29 is 14.3 Å². The lowest BCUT2D eigenvalue weighted by Crippen LogP contribution is -2.31. The molecule has 4 heterocycles. The van der Waals surface area contributed by atoms with Crippen LogP contribution in [0.2, 0.25) is 0 Å². The number of aliphatic hydroxyl groups is 1. The molecule has 1 aromatic carbocycles. The first-order valence-electron chi connectivity index (χ1n) is 11.0. The van der Waals surface area contributed by atoms with Gasteiger partial charge in [0.15, 0.2) is 5.60 Å². The van der Waals surface area contributed by atoms with Crippen molar-refractivity contribution in [3.05, 3.63) is 104 Å². The van der Waals surface area contributed by atoms with Gasteiger partial charge in [-0.05, 0) is 53.4 Å². The van der Waals surface area contributed by atoms with E-state index in [1.54, 1.807) is 0 Å². The third-order valence-corrected chi connectivity index (χ3v) is 7.85. The van der Waals surface area contributed by atoms with E-state index in [9.17, 15) is 5.11 Å². The maximum absolute atomic E-state index is 11.8. The molecule has 4 aromatic rings. The molecule has 0 unspecified atom stereocenters. The molecule has 4 nitrogen and oxygen atoms in total. The molecule has 3 aromatic heterocycles. The molecule has 5 rings (SSSR count). The van der Waals surface area contributed by atoms with E-state index in [1.165, 1.54) is 28.2 Å². The van der Waals surface area contributed by atoms with Crippen molar-refractivity contribution in [3.63, 3.8) is 0 Å². The van der Waals surface area contributed by atoms with Crippen LogP contribution < -0.4 is 0 Å². The van der Waals surface area contributed by atoms with Crippen LogP contribution in [0.25, 0.3) is 0 Å². The molecule has 0 radical (unpaired) electrons. The maximum atomic E-state index is 11.8. The Morgan fingerprint density at radius 1 is 0.906 bits per heavy atom. The molecule has 32 heavy (non-hydrogen) atoms. The second-order valence-electron chi connectivity index (χ2n) is 8.22. The minimum absolute atomic E-state index is 0.266. The average molecular weight is 466 g/mol. The van der Waals surface area contributed by atoms with E-state index >= 15 is 0 Å². The number of hydrogen-bond donors (Lipinski definition) is 1. The van der Waals surface area contributed by atoms with Gasteiger partial charge >= 0.3 is 0 Å². The molecule has 0 saturated carbocycles. The smallest absolute Gasteiger partial charge is 0.191 e. The van der Waals surface area contributed by atoms with Crippen molar-refractivity contribution in [3.8, 4) is 0 Å². The van der Waals surface area contributed by atoms with Gasteiger partial charge in [0.25, 0.3) is 0 Å². The second-order valence-corrected chi connectivity index (χ2v) is 10.1. The summed E-state index contributed by atoms with van der Waals surface area (Å²) >= 11 is 3.08. The van der Waals surface area contributed by atoms with Crippen molar-refractivity contribution in [2.45, 2.75) is 37.6 Å². The highest BCUT2D eigenvalue weighted by atomic mass is 32.1. The van der Waals surface area contributed by atoms with E-state index in [2.05, 4.69) is 29.2 Å². The highest BCUT2D eigenvalue weighted by molar-refractivity contribution is 7.11. The van der Waals surface area contributed by atoms with Crippen molar-refractivity contribution in [2.24, 2.45) is 0 Å². The predicted molar refractivity (Wildman–Crippen MR) is 129 cm³/mol. The van der Waals surface area contributed by atoms with Crippen LogP contribution in [-0.4, -0.2) is 29.3 Å². The molecule has 166 valence electrons. The van der Waals surface area contributed by atoms with Crippen LogP contribution in [0.3, 0.4) is 0 Å². The molecule has 1 aliphatic rings. The number of rotatable bonds is 9. The molecule has 1 N–H and O–H groups in total. The van der Waals surface area contributed by atoms with E-state index in [1.807, 2.05) is 53.2 Å². The number of ether oxygens (including phenoxy) is 1. The Kier molecular flexibility index (Phi) is 6.57. The summed E-state index contributed by atoms with van der Waals surface area (Å²) in [5.41, 5.74) is 0.00492. The number of hydrogen-bond acceptors (Lipinski definition) is 6. The molecule has 0 spiro atoms. The van der Waals surface area contributed by atoms with Gasteiger partial charge in [0, 0.05) is 29.5 Å². The zero-order valence-corrected chi connectivity index (χ0v) is 19.5. The highest BCUT2D eigenvalue weighted by Crippen LogP contribution is 2.41. The first-order chi connectivity index (χ1) is 15.7. The third-order valence-electron chi connectivity index (χ3n) is 5.89. The molecule has 0 bridgehead atoms. The van der Waals surface area contributed by atoms with Gasteiger partial charge in [0.2, 0.25) is 0 Å². The van der Waals surface area contributed by atoms with Gasteiger partial charge in [-0.15, -0.1) is 22.7 Å². The van der Waals surface area contributed by atoms with Crippen molar-refractivity contribution in [1.82, 2.24) is 4.90 Å². The molecule has 6 heteroatoms. The van der Waals surface area contributed by atoms with E-state index in [0.29, 0.717) is 12.3 Å². The molecular formula is C26H27NO3S2. The Morgan fingerprint density at radius 3 is 2.28 bits per heavy atom. The first-order valence-corrected chi connectivity index (χ1v) is 12.7. The van der Waals surface area contributed by atoms with Crippen LogP contribution in [0.5, 0.6) is 0 Å². The van der Waals surface area contributed by atoms with E-state index < -0.39 is 5.60 Å². The van der Waals surface area contributed by atoms with Crippen LogP contribution in [0, 0.1) is 0 Å². The molecule has 1 saturated heterocycles. The summed E-state index contributed by atoms with van der Waals surface area (Å²) in [5, 5.41) is 15.8. The Hall–Kier alpha value is -2.22. The standard InChI is InChI=1S/C26H27NO3S2/c28-26(24-10-5-15-31-24,25-11-6-16-32-25)23-13-12-22(30-23)19-27(18-21-9-4-14-29-21)17-20-7-2-1-3-8-20/h1-3,5-8,10-13,15-16,21,28H,4,9,14,17-19H2/t21-/m1/s1.